The van der Waals surface area contributed by atoms with Crippen LogP contribution in [0.15, 0.2) is 33.9 Å². The fourth-order valence-electron chi connectivity index (χ4n) is 1.63. The topological polar surface area (TPSA) is 72.3 Å². The molecule has 1 heterocycles. The molecule has 18 heavy (non-hydrogen) atoms. The number of thioether (sulfide) groups is 1. The maximum Gasteiger partial charge on any atom is 0.256 e. The van der Waals surface area contributed by atoms with Crippen molar-refractivity contribution in [3.63, 3.8) is 0 Å². The third kappa shape index (κ3) is 3.48. The van der Waals surface area contributed by atoms with E-state index < -0.39 is 5.54 Å². The number of nitrogens with zero attached hydrogens (tertiary/aromatic N) is 1. The Bertz CT molecular complexity index is 477. The van der Waals surface area contributed by atoms with Crippen molar-refractivity contribution in [1.82, 2.24) is 4.98 Å². The summed E-state index contributed by atoms with van der Waals surface area (Å²) in [5.74, 6) is 0.889. The van der Waals surface area contributed by atoms with E-state index in [1.54, 1.807) is 11.8 Å². The summed E-state index contributed by atoms with van der Waals surface area (Å²) in [7, 11) is 0. The van der Waals surface area contributed by atoms with E-state index in [9.17, 15) is 0 Å². The summed E-state index contributed by atoms with van der Waals surface area (Å²) in [6.45, 7) is 1.87. The van der Waals surface area contributed by atoms with Gasteiger partial charge in [-0.3, -0.25) is 0 Å². The number of aliphatic hydroxyl groups is 1. The van der Waals surface area contributed by atoms with Gasteiger partial charge < -0.3 is 15.3 Å². The molecular formula is C13H18N2O2S. The molecule has 4 nitrogen and oxygen atoms in total. The van der Waals surface area contributed by atoms with Gasteiger partial charge in [-0.05, 0) is 31.9 Å². The van der Waals surface area contributed by atoms with E-state index in [2.05, 4.69) is 4.98 Å². The standard InChI is InChI=1S/C13H18N2O2S/c1-13(14,9-16)7-4-8-18-12-15-10-5-2-3-6-11(10)17-12/h2-3,5-6,16H,4,7-9,14H2,1H3. The molecule has 1 atom stereocenters. The molecule has 0 saturated heterocycles. The molecule has 1 aromatic carbocycles. The first-order valence-electron chi connectivity index (χ1n) is 5.99. The predicted molar refractivity (Wildman–Crippen MR) is 73.6 cm³/mol. The molecule has 1 unspecified atom stereocenters. The number of benzene rings is 1. The smallest absolute Gasteiger partial charge is 0.256 e. The SMILES string of the molecule is CC(N)(CO)CCCSc1nc2ccccc2o1. The van der Waals surface area contributed by atoms with E-state index in [0.717, 1.165) is 29.7 Å². The number of fused-ring (bicyclic) bond motifs is 1. The molecule has 0 amide bonds. The summed E-state index contributed by atoms with van der Waals surface area (Å²) in [5.41, 5.74) is 7.08. The molecule has 0 aliphatic rings. The average Bonchev–Trinajstić information content (AvgIpc) is 2.77. The Morgan fingerprint density at radius 3 is 2.94 bits per heavy atom. The number of aromatic nitrogens is 1. The van der Waals surface area contributed by atoms with E-state index >= 15 is 0 Å². The summed E-state index contributed by atoms with van der Waals surface area (Å²) in [5, 5.41) is 9.74. The lowest BCUT2D eigenvalue weighted by molar-refractivity contribution is 0.200. The minimum atomic E-state index is -0.484. The third-order valence-electron chi connectivity index (χ3n) is 2.75. The monoisotopic (exact) mass is 266 g/mol. The summed E-state index contributed by atoms with van der Waals surface area (Å²) >= 11 is 1.58. The Kier molecular flexibility index (Phi) is 4.27. The van der Waals surface area contributed by atoms with Crippen molar-refractivity contribution < 1.29 is 9.52 Å². The van der Waals surface area contributed by atoms with Crippen LogP contribution in [0.3, 0.4) is 0 Å². The second-order valence-electron chi connectivity index (χ2n) is 4.71. The molecule has 0 aliphatic heterocycles. The zero-order valence-electron chi connectivity index (χ0n) is 10.4. The van der Waals surface area contributed by atoms with Crippen LogP contribution in [0.2, 0.25) is 0 Å². The average molecular weight is 266 g/mol. The van der Waals surface area contributed by atoms with Crippen LogP contribution in [-0.4, -0.2) is 28.0 Å². The van der Waals surface area contributed by atoms with Crippen molar-refractivity contribution >= 4 is 22.9 Å². The van der Waals surface area contributed by atoms with Gasteiger partial charge in [-0.15, -0.1) is 0 Å². The highest BCUT2D eigenvalue weighted by atomic mass is 32.2. The molecule has 3 N–H and O–H groups in total. The molecule has 5 heteroatoms. The molecule has 98 valence electrons. The Morgan fingerprint density at radius 2 is 2.22 bits per heavy atom. The predicted octanol–water partition coefficient (Wildman–Crippen LogP) is 2.41. The molecule has 2 rings (SSSR count). The highest BCUT2D eigenvalue weighted by Crippen LogP contribution is 2.24. The van der Waals surface area contributed by atoms with Gasteiger partial charge in [-0.2, -0.15) is 0 Å². The maximum absolute atomic E-state index is 9.04. The summed E-state index contributed by atoms with van der Waals surface area (Å²) in [6.07, 6.45) is 1.72. The highest BCUT2D eigenvalue weighted by Gasteiger charge is 2.16. The molecule has 0 radical (unpaired) electrons. The summed E-state index contributed by atoms with van der Waals surface area (Å²) in [6, 6.07) is 7.73. The normalized spacial score (nSPS) is 14.8. The van der Waals surface area contributed by atoms with Crippen molar-refractivity contribution in [3.8, 4) is 0 Å². The minimum Gasteiger partial charge on any atom is -0.431 e. The van der Waals surface area contributed by atoms with E-state index in [-0.39, 0.29) is 6.61 Å². The Balaban J connectivity index is 1.83. The van der Waals surface area contributed by atoms with Crippen LogP contribution >= 0.6 is 11.8 Å². The quantitative estimate of drug-likeness (QED) is 0.620. The van der Waals surface area contributed by atoms with Crippen LogP contribution in [0, 0.1) is 0 Å². The second-order valence-corrected chi connectivity index (χ2v) is 5.76. The fraction of sp³-hybridized carbons (Fsp3) is 0.462. The van der Waals surface area contributed by atoms with Gasteiger partial charge in [0.25, 0.3) is 5.22 Å². The van der Waals surface area contributed by atoms with Gasteiger partial charge in [0.1, 0.15) is 5.52 Å². The van der Waals surface area contributed by atoms with Crippen molar-refractivity contribution in [2.75, 3.05) is 12.4 Å². The molecule has 2 aromatic rings. The summed E-state index contributed by atoms with van der Waals surface area (Å²) < 4.78 is 5.60. The molecule has 0 bridgehead atoms. The van der Waals surface area contributed by atoms with Crippen LogP contribution < -0.4 is 5.73 Å². The first-order chi connectivity index (χ1) is 8.61. The molecule has 0 saturated carbocycles. The lowest BCUT2D eigenvalue weighted by Crippen LogP contribution is -2.40. The number of aliphatic hydroxyl groups excluding tert-OH is 1. The van der Waals surface area contributed by atoms with Crippen molar-refractivity contribution in [2.24, 2.45) is 5.73 Å². The summed E-state index contributed by atoms with van der Waals surface area (Å²) in [4.78, 5) is 4.38. The van der Waals surface area contributed by atoms with Crippen molar-refractivity contribution in [1.29, 1.82) is 0 Å². The Morgan fingerprint density at radius 1 is 1.44 bits per heavy atom. The van der Waals surface area contributed by atoms with Crippen LogP contribution in [0.5, 0.6) is 0 Å². The van der Waals surface area contributed by atoms with Gasteiger partial charge in [0.2, 0.25) is 0 Å². The number of oxazole rings is 1. The molecule has 1 aromatic heterocycles. The number of nitrogens with two attached hydrogens (primary N) is 1. The molecular weight excluding hydrogens is 248 g/mol. The van der Waals surface area contributed by atoms with Gasteiger partial charge in [0, 0.05) is 11.3 Å². The largest absolute Gasteiger partial charge is 0.431 e. The van der Waals surface area contributed by atoms with Gasteiger partial charge in [0.05, 0.1) is 6.61 Å². The lowest BCUT2D eigenvalue weighted by Gasteiger charge is -2.20. The van der Waals surface area contributed by atoms with Gasteiger partial charge >= 0.3 is 0 Å². The Hall–Kier alpha value is -1.04. The number of hydrogen-bond acceptors (Lipinski definition) is 5. The van der Waals surface area contributed by atoms with Crippen LogP contribution in [-0.2, 0) is 0 Å². The van der Waals surface area contributed by atoms with E-state index in [1.807, 2.05) is 31.2 Å². The van der Waals surface area contributed by atoms with Crippen LogP contribution in [0.4, 0.5) is 0 Å². The molecule has 0 spiro atoms. The Labute approximate surface area is 111 Å². The zero-order valence-corrected chi connectivity index (χ0v) is 11.2. The van der Waals surface area contributed by atoms with Gasteiger partial charge in [-0.25, -0.2) is 4.98 Å². The second kappa shape index (κ2) is 5.73. The molecule has 0 aliphatic carbocycles. The van der Waals surface area contributed by atoms with Crippen LogP contribution in [0.1, 0.15) is 19.8 Å². The first-order valence-corrected chi connectivity index (χ1v) is 6.97. The minimum absolute atomic E-state index is 0.0144. The van der Waals surface area contributed by atoms with Crippen molar-refractivity contribution in [2.45, 2.75) is 30.5 Å². The van der Waals surface area contributed by atoms with E-state index in [1.165, 1.54) is 0 Å². The van der Waals surface area contributed by atoms with Crippen LogP contribution in [0.25, 0.3) is 11.1 Å². The molecule has 0 fully saturated rings. The highest BCUT2D eigenvalue weighted by molar-refractivity contribution is 7.99. The number of hydrogen-bond donors (Lipinski definition) is 2. The lowest BCUT2D eigenvalue weighted by atomic mass is 9.99. The fourth-order valence-corrected chi connectivity index (χ4v) is 2.40. The maximum atomic E-state index is 9.04. The third-order valence-corrected chi connectivity index (χ3v) is 3.67. The van der Waals surface area contributed by atoms with Gasteiger partial charge in [0.15, 0.2) is 5.58 Å². The zero-order chi connectivity index (χ0) is 13.0. The van der Waals surface area contributed by atoms with Gasteiger partial charge in [-0.1, -0.05) is 23.9 Å². The van der Waals surface area contributed by atoms with E-state index in [4.69, 9.17) is 15.3 Å². The first kappa shape index (κ1) is 13.4. The van der Waals surface area contributed by atoms with E-state index in [0.29, 0.717) is 5.22 Å². The number of rotatable bonds is 6. The number of para-hydroxylation sites is 2. The van der Waals surface area contributed by atoms with Crippen molar-refractivity contribution in [3.05, 3.63) is 24.3 Å².